The first-order chi connectivity index (χ1) is 17.2. The van der Waals surface area contributed by atoms with Crippen LogP contribution in [0.1, 0.15) is 11.1 Å². The molecule has 36 heavy (non-hydrogen) atoms. The van der Waals surface area contributed by atoms with Gasteiger partial charge in [-0.3, -0.25) is 9.10 Å². The zero-order valence-corrected chi connectivity index (χ0v) is 21.7. The van der Waals surface area contributed by atoms with Crippen LogP contribution in [0.15, 0.2) is 65.6 Å². The van der Waals surface area contributed by atoms with Gasteiger partial charge in [-0.25, -0.2) is 8.42 Å². The van der Waals surface area contributed by atoms with Gasteiger partial charge in [-0.15, -0.1) is 0 Å². The maximum absolute atomic E-state index is 13.5. The lowest BCUT2D eigenvalue weighted by Crippen LogP contribution is -2.51. The molecule has 1 aliphatic rings. The number of amides is 1. The molecule has 0 aliphatic carbocycles. The molecule has 4 rings (SSSR count). The summed E-state index contributed by atoms with van der Waals surface area (Å²) < 4.78 is 44.9. The number of anilines is 1. The molecule has 0 bridgehead atoms. The van der Waals surface area contributed by atoms with Gasteiger partial charge in [-0.2, -0.15) is 0 Å². The summed E-state index contributed by atoms with van der Waals surface area (Å²) in [6, 6.07) is 16.5. The molecule has 190 valence electrons. The summed E-state index contributed by atoms with van der Waals surface area (Å²) in [6.07, 6.45) is -1.06. The Morgan fingerprint density at radius 2 is 1.75 bits per heavy atom. The largest absolute Gasteiger partial charge is 0.497 e. The van der Waals surface area contributed by atoms with Gasteiger partial charge in [-0.05, 0) is 79.6 Å². The van der Waals surface area contributed by atoms with Gasteiger partial charge in [0.1, 0.15) is 23.9 Å². The van der Waals surface area contributed by atoms with Crippen molar-refractivity contribution in [2.45, 2.75) is 24.8 Å². The highest BCUT2D eigenvalue weighted by Gasteiger charge is 2.37. The molecule has 1 heterocycles. The van der Waals surface area contributed by atoms with Crippen LogP contribution in [-0.2, 0) is 14.8 Å². The van der Waals surface area contributed by atoms with E-state index in [1.807, 2.05) is 32.0 Å². The van der Waals surface area contributed by atoms with E-state index in [-0.39, 0.29) is 36.0 Å². The van der Waals surface area contributed by atoms with Gasteiger partial charge >= 0.3 is 0 Å². The first-order valence-electron chi connectivity index (χ1n) is 11.3. The molecule has 1 aliphatic heterocycles. The average Bonchev–Trinajstić information content (AvgIpc) is 2.85. The predicted octanol–water partition coefficient (Wildman–Crippen LogP) is 4.12. The second-order valence-electron chi connectivity index (χ2n) is 8.39. The summed E-state index contributed by atoms with van der Waals surface area (Å²) in [6.45, 7) is 4.23. The molecule has 0 fully saturated rings. The van der Waals surface area contributed by atoms with Crippen LogP contribution in [0.2, 0.25) is 5.02 Å². The van der Waals surface area contributed by atoms with Crippen molar-refractivity contribution in [1.29, 1.82) is 0 Å². The van der Waals surface area contributed by atoms with E-state index in [9.17, 15) is 13.2 Å². The summed E-state index contributed by atoms with van der Waals surface area (Å²) in [5, 5.41) is 3.11. The Hall–Kier alpha value is -3.43. The minimum atomic E-state index is -4.02. The molecule has 1 amide bonds. The van der Waals surface area contributed by atoms with Crippen LogP contribution in [-0.4, -0.2) is 47.2 Å². The molecule has 10 heteroatoms. The molecule has 0 aromatic heterocycles. The monoisotopic (exact) mass is 530 g/mol. The Bertz CT molecular complexity index is 1340. The lowest BCUT2D eigenvalue weighted by molar-refractivity contribution is -0.127. The molecular weight excluding hydrogens is 504 g/mol. The number of fused-ring (bicyclic) bond motifs is 1. The molecule has 8 nitrogen and oxygen atoms in total. The van der Waals surface area contributed by atoms with E-state index in [2.05, 4.69) is 5.32 Å². The summed E-state index contributed by atoms with van der Waals surface area (Å²) in [4.78, 5) is 13.0. The Labute approximate surface area is 215 Å². The van der Waals surface area contributed by atoms with Gasteiger partial charge < -0.3 is 19.5 Å². The normalized spacial score (nSPS) is 15.0. The molecule has 3 aromatic rings. The smallest absolute Gasteiger partial charge is 0.264 e. The van der Waals surface area contributed by atoms with E-state index in [1.54, 1.807) is 24.3 Å². The number of methoxy groups -OCH3 is 1. The van der Waals surface area contributed by atoms with Crippen molar-refractivity contribution in [3.05, 3.63) is 76.8 Å². The van der Waals surface area contributed by atoms with Crippen molar-refractivity contribution in [3.8, 4) is 17.2 Å². The maximum atomic E-state index is 13.5. The van der Waals surface area contributed by atoms with Crippen LogP contribution < -0.4 is 23.8 Å². The van der Waals surface area contributed by atoms with Crippen molar-refractivity contribution in [2.24, 2.45) is 0 Å². The number of ether oxygens (including phenoxy) is 3. The number of carbonyl (C=O) groups excluding carboxylic acids is 1. The van der Waals surface area contributed by atoms with E-state index in [1.165, 1.54) is 25.3 Å². The molecular formula is C26H27ClN2O6S. The topological polar surface area (TPSA) is 94.2 Å². The van der Waals surface area contributed by atoms with Crippen molar-refractivity contribution in [2.75, 3.05) is 31.1 Å². The van der Waals surface area contributed by atoms with Crippen LogP contribution in [0.5, 0.6) is 17.2 Å². The van der Waals surface area contributed by atoms with Crippen LogP contribution in [0.4, 0.5) is 5.69 Å². The lowest BCUT2D eigenvalue weighted by Gasteiger charge is -2.34. The quantitative estimate of drug-likeness (QED) is 0.440. The fraction of sp³-hybridized carbons (Fsp3) is 0.269. The minimum Gasteiger partial charge on any atom is -0.497 e. The predicted molar refractivity (Wildman–Crippen MR) is 138 cm³/mol. The van der Waals surface area contributed by atoms with E-state index in [0.29, 0.717) is 10.8 Å². The fourth-order valence-corrected chi connectivity index (χ4v) is 5.57. The molecule has 0 saturated carbocycles. The number of hydrogen-bond acceptors (Lipinski definition) is 6. The first-order valence-corrected chi connectivity index (χ1v) is 13.1. The number of hydrogen-bond donors (Lipinski definition) is 1. The van der Waals surface area contributed by atoms with E-state index in [4.69, 9.17) is 25.8 Å². The van der Waals surface area contributed by atoms with Crippen molar-refractivity contribution in [3.63, 3.8) is 0 Å². The van der Waals surface area contributed by atoms with Crippen LogP contribution >= 0.6 is 11.6 Å². The fourth-order valence-electron chi connectivity index (χ4n) is 3.94. The number of sulfonamides is 1. The Morgan fingerprint density at radius 3 is 2.42 bits per heavy atom. The third-order valence-corrected chi connectivity index (χ3v) is 7.62. The summed E-state index contributed by atoms with van der Waals surface area (Å²) in [7, 11) is -2.52. The number of nitrogens with one attached hydrogen (secondary N) is 1. The minimum absolute atomic E-state index is 0.0529. The van der Waals surface area contributed by atoms with Gasteiger partial charge in [0.2, 0.25) is 0 Å². The highest BCUT2D eigenvalue weighted by molar-refractivity contribution is 7.92. The number of halogens is 1. The van der Waals surface area contributed by atoms with Gasteiger partial charge in [0.15, 0.2) is 6.10 Å². The number of benzene rings is 3. The number of rotatable bonds is 8. The lowest BCUT2D eigenvalue weighted by atomic mass is 10.1. The van der Waals surface area contributed by atoms with Crippen molar-refractivity contribution < 1.29 is 27.4 Å². The Kier molecular flexibility index (Phi) is 7.61. The standard InChI is InChI=1S/C26H27ClN2O6S/c1-17-12-18(2)14-21(13-17)34-11-10-28-26(30)25-16-29(23-15-19(27)4-9-24(23)35-25)36(31,32)22-7-5-20(33-3)6-8-22/h4-9,12-15,25H,10-11,16H2,1-3H3,(H,28,30)/t25-/m0/s1. The van der Waals surface area contributed by atoms with E-state index < -0.39 is 22.0 Å². The van der Waals surface area contributed by atoms with E-state index >= 15 is 0 Å². The Balaban J connectivity index is 1.49. The van der Waals surface area contributed by atoms with Gasteiger partial charge in [-0.1, -0.05) is 17.7 Å². The summed E-state index contributed by atoms with van der Waals surface area (Å²) in [5.41, 5.74) is 2.43. The zero-order chi connectivity index (χ0) is 25.9. The first kappa shape index (κ1) is 25.7. The van der Waals surface area contributed by atoms with Gasteiger partial charge in [0.25, 0.3) is 15.9 Å². The molecule has 0 spiro atoms. The Morgan fingerprint density at radius 1 is 1.06 bits per heavy atom. The number of carbonyl (C=O) groups is 1. The van der Waals surface area contributed by atoms with E-state index in [0.717, 1.165) is 21.2 Å². The second-order valence-corrected chi connectivity index (χ2v) is 10.7. The van der Waals surface area contributed by atoms with Crippen LogP contribution in [0, 0.1) is 13.8 Å². The molecule has 0 radical (unpaired) electrons. The van der Waals surface area contributed by atoms with Crippen molar-refractivity contribution in [1.82, 2.24) is 5.32 Å². The SMILES string of the molecule is COc1ccc(S(=O)(=O)N2C[C@@H](C(=O)NCCOc3cc(C)cc(C)c3)Oc3ccc(Cl)cc32)cc1. The number of aryl methyl sites for hydroxylation is 2. The van der Waals surface area contributed by atoms with Gasteiger partial charge in [0, 0.05) is 5.02 Å². The number of nitrogens with zero attached hydrogens (tertiary/aromatic N) is 1. The summed E-state index contributed by atoms with van der Waals surface area (Å²) in [5.74, 6) is 1.04. The third-order valence-electron chi connectivity index (χ3n) is 5.60. The summed E-state index contributed by atoms with van der Waals surface area (Å²) >= 11 is 6.14. The van der Waals surface area contributed by atoms with Crippen LogP contribution in [0.3, 0.4) is 0 Å². The zero-order valence-electron chi connectivity index (χ0n) is 20.2. The highest BCUT2D eigenvalue weighted by Crippen LogP contribution is 2.39. The molecule has 1 N–H and O–H groups in total. The molecule has 0 unspecified atom stereocenters. The average molecular weight is 531 g/mol. The molecule has 0 saturated heterocycles. The molecule has 1 atom stereocenters. The van der Waals surface area contributed by atoms with Crippen molar-refractivity contribution >= 4 is 33.2 Å². The highest BCUT2D eigenvalue weighted by atomic mass is 35.5. The van der Waals surface area contributed by atoms with Gasteiger partial charge in [0.05, 0.1) is 30.8 Å². The molecule has 3 aromatic carbocycles. The second kappa shape index (κ2) is 10.7. The van der Waals surface area contributed by atoms with Crippen LogP contribution in [0.25, 0.3) is 0 Å². The maximum Gasteiger partial charge on any atom is 0.264 e. The third kappa shape index (κ3) is 5.68.